The minimum Gasteiger partial charge on any atom is -0.356 e. The fourth-order valence-corrected chi connectivity index (χ4v) is 2.74. The molecule has 0 bridgehead atoms. The van der Waals surface area contributed by atoms with E-state index in [0.29, 0.717) is 5.96 Å². The van der Waals surface area contributed by atoms with Crippen molar-refractivity contribution in [2.24, 2.45) is 10.9 Å². The Morgan fingerprint density at radius 1 is 1.18 bits per heavy atom. The van der Waals surface area contributed by atoms with E-state index in [0.717, 1.165) is 12.5 Å². The third-order valence-corrected chi connectivity index (χ3v) is 3.71. The number of hydrogen-bond acceptors (Lipinski definition) is 2. The number of hydrogen-bond donors (Lipinski definition) is 3. The van der Waals surface area contributed by atoms with Crippen LogP contribution in [0.2, 0.25) is 0 Å². The summed E-state index contributed by atoms with van der Waals surface area (Å²) < 4.78 is 0. The Balaban J connectivity index is 0.00000441. The monoisotopic (exact) mass is 424 g/mol. The van der Waals surface area contributed by atoms with E-state index in [1.54, 1.807) is 7.05 Å². The lowest BCUT2D eigenvalue weighted by atomic mass is 10.0. The van der Waals surface area contributed by atoms with Crippen LogP contribution in [0.25, 0.3) is 0 Å². The quantitative estimate of drug-likeness (QED) is 0.266. The molecule has 3 N–H and O–H groups in total. The third kappa shape index (κ3) is 10.2. The molecule has 22 heavy (non-hydrogen) atoms. The lowest BCUT2D eigenvalue weighted by molar-refractivity contribution is -0.121. The van der Waals surface area contributed by atoms with E-state index in [1.807, 2.05) is 20.8 Å². The third-order valence-electron chi connectivity index (χ3n) is 3.71. The Morgan fingerprint density at radius 3 is 2.36 bits per heavy atom. The summed E-state index contributed by atoms with van der Waals surface area (Å²) in [5.41, 5.74) is -0.197. The minimum atomic E-state index is -0.197. The largest absolute Gasteiger partial charge is 0.356 e. The molecule has 1 rings (SSSR count). The first-order valence-electron chi connectivity index (χ1n) is 8.16. The van der Waals surface area contributed by atoms with Crippen LogP contribution in [0, 0.1) is 5.92 Å². The molecule has 0 atom stereocenters. The second-order valence-corrected chi connectivity index (χ2v) is 6.94. The summed E-state index contributed by atoms with van der Waals surface area (Å²) in [6.45, 7) is 7.08. The SMILES string of the molecule is CN=C(NCCCC1CCCC1)NCC(=O)NC(C)(C)C.I. The minimum absolute atomic E-state index is 0. The van der Waals surface area contributed by atoms with Gasteiger partial charge in [-0.1, -0.05) is 25.7 Å². The maximum absolute atomic E-state index is 11.7. The first-order chi connectivity index (χ1) is 9.90. The number of carbonyl (C=O) groups is 1. The summed E-state index contributed by atoms with van der Waals surface area (Å²) in [6.07, 6.45) is 8.09. The Bertz CT molecular complexity index is 347. The van der Waals surface area contributed by atoms with Crippen LogP contribution in [0.15, 0.2) is 4.99 Å². The number of carbonyl (C=O) groups excluding carboxylic acids is 1. The van der Waals surface area contributed by atoms with Crippen molar-refractivity contribution in [1.82, 2.24) is 16.0 Å². The molecule has 0 unspecified atom stereocenters. The molecular formula is C16H33IN4O. The smallest absolute Gasteiger partial charge is 0.239 e. The van der Waals surface area contributed by atoms with Gasteiger partial charge in [-0.3, -0.25) is 9.79 Å². The number of rotatable bonds is 6. The van der Waals surface area contributed by atoms with E-state index in [2.05, 4.69) is 20.9 Å². The van der Waals surface area contributed by atoms with Gasteiger partial charge >= 0.3 is 0 Å². The van der Waals surface area contributed by atoms with Crippen LogP contribution in [0.3, 0.4) is 0 Å². The van der Waals surface area contributed by atoms with Gasteiger partial charge in [0.25, 0.3) is 0 Å². The van der Waals surface area contributed by atoms with Crippen LogP contribution in [0.5, 0.6) is 0 Å². The molecule has 1 aliphatic carbocycles. The van der Waals surface area contributed by atoms with Crippen molar-refractivity contribution in [2.75, 3.05) is 20.1 Å². The summed E-state index contributed by atoms with van der Waals surface area (Å²) >= 11 is 0. The number of guanidine groups is 1. The van der Waals surface area contributed by atoms with Crippen LogP contribution in [-0.2, 0) is 4.79 Å². The van der Waals surface area contributed by atoms with Gasteiger partial charge in [-0.15, -0.1) is 24.0 Å². The van der Waals surface area contributed by atoms with Crippen molar-refractivity contribution < 1.29 is 4.79 Å². The highest BCUT2D eigenvalue weighted by Crippen LogP contribution is 2.28. The molecule has 0 aromatic rings. The zero-order valence-electron chi connectivity index (χ0n) is 14.5. The van der Waals surface area contributed by atoms with Gasteiger partial charge in [0.15, 0.2) is 5.96 Å². The van der Waals surface area contributed by atoms with Crippen molar-refractivity contribution in [3.63, 3.8) is 0 Å². The normalized spacial score (nSPS) is 16.1. The van der Waals surface area contributed by atoms with Crippen LogP contribution < -0.4 is 16.0 Å². The molecule has 0 aliphatic heterocycles. The highest BCUT2D eigenvalue weighted by molar-refractivity contribution is 14.0. The van der Waals surface area contributed by atoms with Gasteiger partial charge in [-0.05, 0) is 39.5 Å². The predicted octanol–water partition coefficient (Wildman–Crippen LogP) is 2.65. The number of nitrogens with zero attached hydrogens (tertiary/aromatic N) is 1. The zero-order chi connectivity index (χ0) is 15.7. The van der Waals surface area contributed by atoms with E-state index in [1.165, 1.54) is 38.5 Å². The first-order valence-corrected chi connectivity index (χ1v) is 8.16. The molecule has 0 saturated heterocycles. The Labute approximate surface area is 152 Å². The molecule has 1 aliphatic rings. The standard InChI is InChI=1S/C16H32N4O.HI/c1-16(2,3)20-14(21)12-19-15(17-4)18-11-7-10-13-8-5-6-9-13;/h13H,5-12H2,1-4H3,(H,20,21)(H2,17,18,19);1H. The van der Waals surface area contributed by atoms with Crippen molar-refractivity contribution in [3.8, 4) is 0 Å². The van der Waals surface area contributed by atoms with Gasteiger partial charge < -0.3 is 16.0 Å². The first kappa shape index (κ1) is 21.5. The van der Waals surface area contributed by atoms with Crippen LogP contribution in [0.4, 0.5) is 0 Å². The highest BCUT2D eigenvalue weighted by atomic mass is 127. The molecule has 5 nitrogen and oxygen atoms in total. The van der Waals surface area contributed by atoms with Crippen molar-refractivity contribution in [2.45, 2.75) is 64.8 Å². The van der Waals surface area contributed by atoms with E-state index in [9.17, 15) is 4.79 Å². The highest BCUT2D eigenvalue weighted by Gasteiger charge is 2.15. The summed E-state index contributed by atoms with van der Waals surface area (Å²) in [5.74, 6) is 1.61. The maximum Gasteiger partial charge on any atom is 0.239 e. The average Bonchev–Trinajstić information content (AvgIpc) is 2.89. The zero-order valence-corrected chi connectivity index (χ0v) is 16.8. The number of halogens is 1. The van der Waals surface area contributed by atoms with E-state index in [4.69, 9.17) is 0 Å². The molecule has 1 saturated carbocycles. The van der Waals surface area contributed by atoms with Gasteiger partial charge in [-0.2, -0.15) is 0 Å². The predicted molar refractivity (Wildman–Crippen MR) is 104 cm³/mol. The van der Waals surface area contributed by atoms with Crippen molar-refractivity contribution in [1.29, 1.82) is 0 Å². The number of aliphatic imine (C=N–C) groups is 1. The summed E-state index contributed by atoms with van der Waals surface area (Å²) in [7, 11) is 1.73. The lowest BCUT2D eigenvalue weighted by Crippen LogP contribution is -2.48. The number of nitrogens with one attached hydrogen (secondary N) is 3. The summed E-state index contributed by atoms with van der Waals surface area (Å²) in [6, 6.07) is 0. The second-order valence-electron chi connectivity index (χ2n) is 6.94. The Morgan fingerprint density at radius 2 is 1.82 bits per heavy atom. The van der Waals surface area contributed by atoms with E-state index in [-0.39, 0.29) is 42.0 Å². The molecule has 0 radical (unpaired) electrons. The fourth-order valence-electron chi connectivity index (χ4n) is 2.74. The number of amides is 1. The lowest BCUT2D eigenvalue weighted by Gasteiger charge is -2.21. The molecule has 1 fully saturated rings. The second kappa shape index (κ2) is 11.1. The molecule has 1 amide bonds. The molecular weight excluding hydrogens is 391 g/mol. The fraction of sp³-hybridized carbons (Fsp3) is 0.875. The van der Waals surface area contributed by atoms with Gasteiger partial charge in [0.1, 0.15) is 0 Å². The molecule has 6 heteroatoms. The van der Waals surface area contributed by atoms with Gasteiger partial charge in [0, 0.05) is 19.1 Å². The van der Waals surface area contributed by atoms with E-state index < -0.39 is 0 Å². The van der Waals surface area contributed by atoms with Crippen LogP contribution in [-0.4, -0.2) is 37.5 Å². The van der Waals surface area contributed by atoms with Gasteiger partial charge in [0.2, 0.25) is 5.91 Å². The Hall–Kier alpha value is -0.530. The van der Waals surface area contributed by atoms with Crippen molar-refractivity contribution >= 4 is 35.8 Å². The molecule has 0 spiro atoms. The van der Waals surface area contributed by atoms with Crippen molar-refractivity contribution in [3.05, 3.63) is 0 Å². The maximum atomic E-state index is 11.7. The van der Waals surface area contributed by atoms with E-state index >= 15 is 0 Å². The summed E-state index contributed by atoms with van der Waals surface area (Å²) in [5, 5.41) is 9.24. The average molecular weight is 424 g/mol. The van der Waals surface area contributed by atoms with Gasteiger partial charge in [-0.25, -0.2) is 0 Å². The Kier molecular flexibility index (Phi) is 10.8. The molecule has 0 aromatic heterocycles. The molecule has 130 valence electrons. The van der Waals surface area contributed by atoms with Crippen LogP contribution >= 0.6 is 24.0 Å². The van der Waals surface area contributed by atoms with Gasteiger partial charge in [0.05, 0.1) is 6.54 Å². The molecule has 0 heterocycles. The summed E-state index contributed by atoms with van der Waals surface area (Å²) in [4.78, 5) is 15.9. The van der Waals surface area contributed by atoms with Crippen LogP contribution in [0.1, 0.15) is 59.3 Å². The molecule has 0 aromatic carbocycles. The topological polar surface area (TPSA) is 65.5 Å².